The van der Waals surface area contributed by atoms with Gasteiger partial charge in [0.25, 0.3) is 0 Å². The first-order valence-corrected chi connectivity index (χ1v) is 6.02. The number of aryl methyl sites for hydroxylation is 2. The second-order valence-electron chi connectivity index (χ2n) is 3.75. The molecule has 1 aliphatic heterocycles. The van der Waals surface area contributed by atoms with Crippen LogP contribution in [0.15, 0.2) is 0 Å². The average molecular weight is 223 g/mol. The lowest BCUT2D eigenvalue weighted by atomic mass is 10.2. The summed E-state index contributed by atoms with van der Waals surface area (Å²) < 4.78 is 2.13. The first-order valence-electron chi connectivity index (χ1n) is 6.02. The van der Waals surface area contributed by atoms with Gasteiger partial charge in [-0.05, 0) is 19.8 Å². The third kappa shape index (κ3) is 2.62. The minimum Gasteiger partial charge on any atom is -0.315 e. The topological polar surface area (TPSA) is 46.9 Å². The highest BCUT2D eigenvalue weighted by atomic mass is 16.1. The molecule has 90 valence electrons. The molecule has 0 atom stereocenters. The second-order valence-corrected chi connectivity index (χ2v) is 3.75. The number of amides is 1. The van der Waals surface area contributed by atoms with Crippen molar-refractivity contribution in [1.82, 2.24) is 9.55 Å². The molecule has 1 aromatic heterocycles. The number of carbonyl (C=O) groups is 1. The highest BCUT2D eigenvalue weighted by Gasteiger charge is 2.17. The van der Waals surface area contributed by atoms with E-state index in [-0.39, 0.29) is 5.91 Å². The first kappa shape index (κ1) is 12.7. The van der Waals surface area contributed by atoms with Crippen LogP contribution in [0.4, 0.5) is 5.82 Å². The molecule has 4 heteroatoms. The van der Waals surface area contributed by atoms with Crippen LogP contribution in [0.25, 0.3) is 0 Å². The summed E-state index contributed by atoms with van der Waals surface area (Å²) in [5.41, 5.74) is 0.928. The van der Waals surface area contributed by atoms with Crippen molar-refractivity contribution in [3.63, 3.8) is 0 Å². The van der Waals surface area contributed by atoms with Gasteiger partial charge < -0.3 is 9.88 Å². The maximum atomic E-state index is 11.0. The number of hydrogen-bond donors (Lipinski definition) is 1. The fourth-order valence-electron chi connectivity index (χ4n) is 1.94. The number of hydrogen-bond acceptors (Lipinski definition) is 2. The molecule has 0 saturated heterocycles. The fourth-order valence-corrected chi connectivity index (χ4v) is 1.94. The molecular weight excluding hydrogens is 202 g/mol. The standard InChI is InChI=1S/C10H15N3O.C2H6/c1-7-10(12-8(2)14)13-6-4-3-5-9(13)11-7;1-2/h3-6H2,1-2H3,(H,12,14);1-2H3. The van der Waals surface area contributed by atoms with Crippen molar-refractivity contribution in [3.05, 3.63) is 11.5 Å². The summed E-state index contributed by atoms with van der Waals surface area (Å²) in [5, 5.41) is 2.84. The number of anilines is 1. The monoisotopic (exact) mass is 223 g/mol. The summed E-state index contributed by atoms with van der Waals surface area (Å²) in [6.45, 7) is 8.45. The molecule has 0 bridgehead atoms. The van der Waals surface area contributed by atoms with E-state index in [9.17, 15) is 4.79 Å². The Labute approximate surface area is 97.1 Å². The van der Waals surface area contributed by atoms with Crippen LogP contribution < -0.4 is 5.32 Å². The van der Waals surface area contributed by atoms with Crippen molar-refractivity contribution in [2.75, 3.05) is 5.32 Å². The van der Waals surface area contributed by atoms with Crippen LogP contribution in [0.2, 0.25) is 0 Å². The van der Waals surface area contributed by atoms with E-state index in [1.54, 1.807) is 0 Å². The average Bonchev–Trinajstić information content (AvgIpc) is 2.58. The number of rotatable bonds is 1. The van der Waals surface area contributed by atoms with E-state index in [4.69, 9.17) is 0 Å². The molecule has 0 aliphatic carbocycles. The van der Waals surface area contributed by atoms with Crippen LogP contribution in [0, 0.1) is 6.92 Å². The lowest BCUT2D eigenvalue weighted by molar-refractivity contribution is -0.114. The van der Waals surface area contributed by atoms with Crippen molar-refractivity contribution < 1.29 is 4.79 Å². The van der Waals surface area contributed by atoms with Crippen LogP contribution in [0.3, 0.4) is 0 Å². The zero-order valence-electron chi connectivity index (χ0n) is 10.6. The van der Waals surface area contributed by atoms with Gasteiger partial charge in [-0.2, -0.15) is 0 Å². The number of aromatic nitrogens is 2. The van der Waals surface area contributed by atoms with Crippen molar-refractivity contribution in [2.45, 2.75) is 53.5 Å². The van der Waals surface area contributed by atoms with E-state index in [1.807, 2.05) is 20.8 Å². The maximum absolute atomic E-state index is 11.0. The minimum absolute atomic E-state index is 0.0265. The molecule has 2 rings (SSSR count). The lowest BCUT2D eigenvalue weighted by Crippen LogP contribution is -2.16. The summed E-state index contributed by atoms with van der Waals surface area (Å²) in [7, 11) is 0. The largest absolute Gasteiger partial charge is 0.315 e. The third-order valence-electron chi connectivity index (χ3n) is 2.55. The quantitative estimate of drug-likeness (QED) is 0.795. The van der Waals surface area contributed by atoms with E-state index < -0.39 is 0 Å². The lowest BCUT2D eigenvalue weighted by Gasteiger charge is -2.16. The minimum atomic E-state index is -0.0265. The van der Waals surface area contributed by atoms with Gasteiger partial charge in [0.2, 0.25) is 5.91 Å². The third-order valence-corrected chi connectivity index (χ3v) is 2.55. The molecule has 1 aliphatic rings. The highest BCUT2D eigenvalue weighted by molar-refractivity contribution is 5.88. The Balaban J connectivity index is 0.000000606. The Hall–Kier alpha value is -1.32. The SMILES string of the molecule is CC.CC(=O)Nc1c(C)nc2n1CCCC2. The Bertz CT molecular complexity index is 369. The first-order chi connectivity index (χ1) is 7.68. The normalized spacial score (nSPS) is 13.5. The predicted molar refractivity (Wildman–Crippen MR) is 65.6 cm³/mol. The molecule has 0 spiro atoms. The van der Waals surface area contributed by atoms with E-state index in [1.165, 1.54) is 19.8 Å². The molecule has 4 nitrogen and oxygen atoms in total. The number of carbonyl (C=O) groups excluding carboxylic acids is 1. The summed E-state index contributed by atoms with van der Waals surface area (Å²) in [4.78, 5) is 15.4. The number of imidazole rings is 1. The molecule has 1 aromatic rings. The summed E-state index contributed by atoms with van der Waals surface area (Å²) in [6, 6.07) is 0. The molecule has 0 fully saturated rings. The van der Waals surface area contributed by atoms with Gasteiger partial charge in [-0.3, -0.25) is 4.79 Å². The molecule has 0 unspecified atom stereocenters. The van der Waals surface area contributed by atoms with Crippen LogP contribution in [-0.4, -0.2) is 15.5 Å². The number of fused-ring (bicyclic) bond motifs is 1. The molecular formula is C12H21N3O. The Morgan fingerprint density at radius 1 is 1.38 bits per heavy atom. The Morgan fingerprint density at radius 2 is 2.06 bits per heavy atom. The number of nitrogens with zero attached hydrogens (tertiary/aromatic N) is 2. The van der Waals surface area contributed by atoms with Crippen molar-refractivity contribution >= 4 is 11.7 Å². The van der Waals surface area contributed by atoms with Crippen LogP contribution in [0.1, 0.15) is 45.1 Å². The van der Waals surface area contributed by atoms with Gasteiger partial charge in [0, 0.05) is 19.9 Å². The highest BCUT2D eigenvalue weighted by Crippen LogP contribution is 2.23. The molecule has 16 heavy (non-hydrogen) atoms. The molecule has 1 amide bonds. The van der Waals surface area contributed by atoms with Gasteiger partial charge in [0.05, 0.1) is 5.69 Å². The molecule has 0 saturated carbocycles. The van der Waals surface area contributed by atoms with Crippen LogP contribution in [-0.2, 0) is 17.8 Å². The Kier molecular flexibility index (Phi) is 4.52. The van der Waals surface area contributed by atoms with Crippen molar-refractivity contribution in [3.8, 4) is 0 Å². The zero-order valence-corrected chi connectivity index (χ0v) is 10.6. The van der Waals surface area contributed by atoms with Crippen LogP contribution in [0.5, 0.6) is 0 Å². The second kappa shape index (κ2) is 5.68. The fraction of sp³-hybridized carbons (Fsp3) is 0.667. The van der Waals surface area contributed by atoms with E-state index in [2.05, 4.69) is 14.9 Å². The van der Waals surface area contributed by atoms with Gasteiger partial charge in [-0.25, -0.2) is 4.98 Å². The van der Waals surface area contributed by atoms with Gasteiger partial charge in [-0.1, -0.05) is 13.8 Å². The smallest absolute Gasteiger partial charge is 0.222 e. The van der Waals surface area contributed by atoms with E-state index in [0.29, 0.717) is 0 Å². The summed E-state index contributed by atoms with van der Waals surface area (Å²) in [5.74, 6) is 1.96. The van der Waals surface area contributed by atoms with Crippen molar-refractivity contribution in [2.24, 2.45) is 0 Å². The van der Waals surface area contributed by atoms with E-state index >= 15 is 0 Å². The van der Waals surface area contributed by atoms with Gasteiger partial charge in [0.1, 0.15) is 11.6 Å². The molecule has 1 N–H and O–H groups in total. The van der Waals surface area contributed by atoms with Crippen LogP contribution >= 0.6 is 0 Å². The number of nitrogens with one attached hydrogen (secondary N) is 1. The van der Waals surface area contributed by atoms with E-state index in [0.717, 1.165) is 30.3 Å². The van der Waals surface area contributed by atoms with Gasteiger partial charge >= 0.3 is 0 Å². The summed E-state index contributed by atoms with van der Waals surface area (Å²) in [6.07, 6.45) is 3.41. The van der Waals surface area contributed by atoms with Crippen molar-refractivity contribution in [1.29, 1.82) is 0 Å². The zero-order chi connectivity index (χ0) is 12.1. The maximum Gasteiger partial charge on any atom is 0.222 e. The van der Waals surface area contributed by atoms with Gasteiger partial charge in [0.15, 0.2) is 0 Å². The predicted octanol–water partition coefficient (Wildman–Crippen LogP) is 2.51. The van der Waals surface area contributed by atoms with Gasteiger partial charge in [-0.15, -0.1) is 0 Å². The molecule has 0 aromatic carbocycles. The molecule has 0 radical (unpaired) electrons. The molecule has 2 heterocycles. The Morgan fingerprint density at radius 3 is 2.69 bits per heavy atom. The summed E-state index contributed by atoms with van der Waals surface area (Å²) >= 11 is 0.